The van der Waals surface area contributed by atoms with Crippen molar-refractivity contribution in [2.45, 2.75) is 20.8 Å². The summed E-state index contributed by atoms with van der Waals surface area (Å²) in [6.07, 6.45) is 1.65. The quantitative estimate of drug-likeness (QED) is 0.388. The molecule has 33 heavy (non-hydrogen) atoms. The molecule has 1 saturated heterocycles. The number of benzene rings is 2. The van der Waals surface area contributed by atoms with Crippen LogP contribution in [0.1, 0.15) is 22.5 Å². The molecule has 0 radical (unpaired) electrons. The molecule has 1 fully saturated rings. The third kappa shape index (κ3) is 4.75. The van der Waals surface area contributed by atoms with Crippen LogP contribution in [0.25, 0.3) is 11.8 Å². The fraction of sp³-hybridized carbons (Fsp3) is 0.160. The first-order valence-electron chi connectivity index (χ1n) is 10.4. The molecule has 0 saturated carbocycles. The number of amides is 4. The van der Waals surface area contributed by atoms with Crippen LogP contribution in [-0.4, -0.2) is 33.9 Å². The van der Waals surface area contributed by atoms with Gasteiger partial charge in [-0.3, -0.25) is 9.59 Å². The van der Waals surface area contributed by atoms with Crippen molar-refractivity contribution >= 4 is 45.5 Å². The first kappa shape index (κ1) is 22.5. The Hall–Kier alpha value is -3.65. The van der Waals surface area contributed by atoms with Gasteiger partial charge in [-0.15, -0.1) is 0 Å². The minimum atomic E-state index is -0.619. The van der Waals surface area contributed by atoms with Gasteiger partial charge in [-0.1, -0.05) is 39.7 Å². The minimum absolute atomic E-state index is 0.137. The zero-order valence-electron chi connectivity index (χ0n) is 18.5. The summed E-state index contributed by atoms with van der Waals surface area (Å²) in [5.74, 6) is -0.984. The highest BCUT2D eigenvalue weighted by Gasteiger charge is 2.35. The first-order valence-corrected chi connectivity index (χ1v) is 11.2. The number of anilines is 1. The molecular formula is C25H23BrN4O3. The lowest BCUT2D eigenvalue weighted by molar-refractivity contribution is -0.127. The first-order chi connectivity index (χ1) is 15.7. The van der Waals surface area contributed by atoms with E-state index in [0.717, 1.165) is 37.6 Å². The van der Waals surface area contributed by atoms with Crippen molar-refractivity contribution in [2.75, 3.05) is 11.9 Å². The van der Waals surface area contributed by atoms with Crippen molar-refractivity contribution in [3.63, 3.8) is 0 Å². The lowest BCUT2D eigenvalue weighted by Gasteiger charge is -2.12. The summed E-state index contributed by atoms with van der Waals surface area (Å²) < 4.78 is 3.04. The van der Waals surface area contributed by atoms with Crippen LogP contribution in [0.3, 0.4) is 0 Å². The van der Waals surface area contributed by atoms with Crippen LogP contribution in [0.2, 0.25) is 0 Å². The van der Waals surface area contributed by atoms with E-state index in [2.05, 4.69) is 31.1 Å². The zero-order chi connectivity index (χ0) is 23.7. The molecule has 0 bridgehead atoms. The molecule has 0 spiro atoms. The Labute approximate surface area is 200 Å². The molecule has 0 atom stereocenters. The Morgan fingerprint density at radius 3 is 2.48 bits per heavy atom. The van der Waals surface area contributed by atoms with Crippen LogP contribution in [0, 0.1) is 20.8 Å². The number of aryl methyl sites for hydroxylation is 2. The minimum Gasteiger partial charge on any atom is -0.325 e. The monoisotopic (exact) mass is 506 g/mol. The maximum absolute atomic E-state index is 12.9. The fourth-order valence-electron chi connectivity index (χ4n) is 3.80. The van der Waals surface area contributed by atoms with Crippen LogP contribution in [0.4, 0.5) is 10.5 Å². The highest BCUT2D eigenvalue weighted by molar-refractivity contribution is 9.10. The second kappa shape index (κ2) is 9.07. The molecule has 2 heterocycles. The van der Waals surface area contributed by atoms with E-state index in [0.29, 0.717) is 5.69 Å². The molecular weight excluding hydrogens is 484 g/mol. The van der Waals surface area contributed by atoms with Crippen molar-refractivity contribution < 1.29 is 14.4 Å². The van der Waals surface area contributed by atoms with E-state index < -0.39 is 17.8 Å². The number of nitrogens with one attached hydrogen (secondary N) is 2. The molecule has 4 amide bonds. The van der Waals surface area contributed by atoms with Crippen LogP contribution < -0.4 is 10.6 Å². The Balaban J connectivity index is 1.53. The van der Waals surface area contributed by atoms with E-state index >= 15 is 0 Å². The fourth-order valence-corrected chi connectivity index (χ4v) is 4.19. The summed E-state index contributed by atoms with van der Waals surface area (Å²) in [5, 5.41) is 5.29. The van der Waals surface area contributed by atoms with Gasteiger partial charge >= 0.3 is 6.03 Å². The molecule has 2 N–H and O–H groups in total. The smallest absolute Gasteiger partial charge is 0.325 e. The van der Waals surface area contributed by atoms with Crippen molar-refractivity contribution in [3.05, 3.63) is 87.3 Å². The van der Waals surface area contributed by atoms with Crippen molar-refractivity contribution in [1.29, 1.82) is 0 Å². The summed E-state index contributed by atoms with van der Waals surface area (Å²) in [4.78, 5) is 38.5. The number of aromatic nitrogens is 1. The van der Waals surface area contributed by atoms with Gasteiger partial charge in [0.05, 0.1) is 0 Å². The van der Waals surface area contributed by atoms with Gasteiger partial charge in [0.1, 0.15) is 12.2 Å². The van der Waals surface area contributed by atoms with Gasteiger partial charge < -0.3 is 15.2 Å². The number of carbonyl (C=O) groups excluding carboxylic acids is 3. The van der Waals surface area contributed by atoms with E-state index in [1.54, 1.807) is 18.2 Å². The molecule has 1 aliphatic heterocycles. The average molecular weight is 507 g/mol. The Bertz CT molecular complexity index is 1290. The summed E-state index contributed by atoms with van der Waals surface area (Å²) >= 11 is 3.50. The second-order valence-electron chi connectivity index (χ2n) is 7.94. The topological polar surface area (TPSA) is 83.4 Å². The standard InChI is InChI=1S/C25H23BrN4O3/c1-15-7-9-20(10-8-15)27-23(31)14-29-24(32)22(28-25(29)33)12-18-11-16(2)30(17(18)3)21-6-4-5-19(26)13-21/h4-13H,14H2,1-3H3,(H,27,31)(H,28,33)/b22-12+. The van der Waals surface area contributed by atoms with Crippen LogP contribution >= 0.6 is 15.9 Å². The molecule has 4 rings (SSSR count). The van der Waals surface area contributed by atoms with Crippen LogP contribution in [0.5, 0.6) is 0 Å². The summed E-state index contributed by atoms with van der Waals surface area (Å²) in [6.45, 7) is 5.51. The van der Waals surface area contributed by atoms with Crippen LogP contribution in [-0.2, 0) is 9.59 Å². The van der Waals surface area contributed by atoms with Gasteiger partial charge in [0.2, 0.25) is 5.91 Å². The van der Waals surface area contributed by atoms with Gasteiger partial charge in [-0.25, -0.2) is 9.69 Å². The van der Waals surface area contributed by atoms with Gasteiger partial charge in [0, 0.05) is 27.2 Å². The highest BCUT2D eigenvalue weighted by atomic mass is 79.9. The predicted octanol–water partition coefficient (Wildman–Crippen LogP) is 4.70. The zero-order valence-corrected chi connectivity index (χ0v) is 20.1. The van der Waals surface area contributed by atoms with Crippen molar-refractivity contribution in [2.24, 2.45) is 0 Å². The molecule has 7 nitrogen and oxygen atoms in total. The molecule has 1 aromatic heterocycles. The number of hydrogen-bond donors (Lipinski definition) is 2. The van der Waals surface area contributed by atoms with E-state index in [-0.39, 0.29) is 12.2 Å². The SMILES string of the molecule is Cc1ccc(NC(=O)CN2C(=O)N/C(=C/c3cc(C)n(-c4cccc(Br)c4)c3C)C2=O)cc1. The maximum atomic E-state index is 12.9. The van der Waals surface area contributed by atoms with Crippen molar-refractivity contribution in [3.8, 4) is 5.69 Å². The Morgan fingerprint density at radius 1 is 1.06 bits per heavy atom. The lowest BCUT2D eigenvalue weighted by atomic mass is 10.2. The molecule has 168 valence electrons. The van der Waals surface area contributed by atoms with E-state index in [4.69, 9.17) is 0 Å². The van der Waals surface area contributed by atoms with Gasteiger partial charge in [-0.2, -0.15) is 0 Å². The number of urea groups is 1. The largest absolute Gasteiger partial charge is 0.329 e. The normalized spacial score (nSPS) is 14.7. The number of imide groups is 1. The molecule has 0 aliphatic carbocycles. The second-order valence-corrected chi connectivity index (χ2v) is 8.85. The number of rotatable bonds is 5. The van der Waals surface area contributed by atoms with Crippen molar-refractivity contribution in [1.82, 2.24) is 14.8 Å². The molecule has 2 aromatic carbocycles. The lowest BCUT2D eigenvalue weighted by Crippen LogP contribution is -2.38. The summed E-state index contributed by atoms with van der Waals surface area (Å²) in [5.41, 5.74) is 5.52. The van der Waals surface area contributed by atoms with Gasteiger partial charge in [0.25, 0.3) is 5.91 Å². The molecule has 8 heteroatoms. The number of halogens is 1. The van der Waals surface area contributed by atoms with E-state index in [1.807, 2.05) is 63.2 Å². The Kier molecular flexibility index (Phi) is 6.20. The average Bonchev–Trinajstić information content (AvgIpc) is 3.19. The van der Waals surface area contributed by atoms with Gasteiger partial charge in [0.15, 0.2) is 0 Å². The number of nitrogens with zero attached hydrogens (tertiary/aromatic N) is 2. The maximum Gasteiger partial charge on any atom is 0.329 e. The third-order valence-electron chi connectivity index (χ3n) is 5.44. The van der Waals surface area contributed by atoms with Gasteiger partial charge in [-0.05, 0) is 68.8 Å². The predicted molar refractivity (Wildman–Crippen MR) is 131 cm³/mol. The summed E-state index contributed by atoms with van der Waals surface area (Å²) in [6, 6.07) is 16.5. The number of carbonyl (C=O) groups is 3. The summed E-state index contributed by atoms with van der Waals surface area (Å²) in [7, 11) is 0. The molecule has 0 unspecified atom stereocenters. The number of hydrogen-bond acceptors (Lipinski definition) is 3. The third-order valence-corrected chi connectivity index (χ3v) is 5.93. The Morgan fingerprint density at radius 2 is 1.79 bits per heavy atom. The molecule has 1 aliphatic rings. The van der Waals surface area contributed by atoms with E-state index in [1.165, 1.54) is 0 Å². The van der Waals surface area contributed by atoms with Crippen LogP contribution in [0.15, 0.2) is 64.8 Å². The highest BCUT2D eigenvalue weighted by Crippen LogP contribution is 2.25. The molecule has 3 aromatic rings. The van der Waals surface area contributed by atoms with E-state index in [9.17, 15) is 14.4 Å².